The molecule has 3 aromatic rings. The fourth-order valence-electron chi connectivity index (χ4n) is 5.47. The smallest absolute Gasteiger partial charge is 0.337 e. The Morgan fingerprint density at radius 3 is 2.32 bits per heavy atom. The van der Waals surface area contributed by atoms with Gasteiger partial charge in [-0.25, -0.2) is 9.78 Å². The molecule has 1 atom stereocenters. The number of piperidine rings is 1. The second-order valence-corrected chi connectivity index (χ2v) is 9.97. The van der Waals surface area contributed by atoms with Gasteiger partial charge in [0.2, 0.25) is 0 Å². The number of hydrogen-bond donors (Lipinski definition) is 2. The predicted molar refractivity (Wildman–Crippen MR) is 130 cm³/mol. The third kappa shape index (κ3) is 3.50. The van der Waals surface area contributed by atoms with Gasteiger partial charge in [-0.15, -0.1) is 0 Å². The van der Waals surface area contributed by atoms with Gasteiger partial charge < -0.3 is 15.3 Å². The van der Waals surface area contributed by atoms with Gasteiger partial charge in [0.05, 0.1) is 17.2 Å². The fraction of sp³-hybridized carbons (Fsp3) is 0.423. The minimum absolute atomic E-state index is 0.0738. The minimum Gasteiger partial charge on any atom is -0.478 e. The van der Waals surface area contributed by atoms with Crippen molar-refractivity contribution in [1.29, 1.82) is 0 Å². The van der Waals surface area contributed by atoms with E-state index in [2.05, 4.69) is 5.32 Å². The zero-order valence-electron chi connectivity index (χ0n) is 20.5. The maximum absolute atomic E-state index is 13.9. The van der Waals surface area contributed by atoms with Crippen molar-refractivity contribution in [3.05, 3.63) is 69.1 Å². The Morgan fingerprint density at radius 1 is 1.11 bits per heavy atom. The molecular formula is C26H26F4N4O3. The van der Waals surface area contributed by atoms with E-state index in [1.54, 1.807) is 43.1 Å². The highest BCUT2D eigenvalue weighted by atomic mass is 19.3. The van der Waals surface area contributed by atoms with E-state index >= 15 is 0 Å². The topological polar surface area (TPSA) is 86.9 Å². The zero-order chi connectivity index (χ0) is 26.9. The molecule has 5 rings (SSSR count). The van der Waals surface area contributed by atoms with Crippen LogP contribution in [-0.2, 0) is 0 Å². The van der Waals surface area contributed by atoms with Crippen LogP contribution in [0.15, 0.2) is 41.3 Å². The van der Waals surface area contributed by atoms with Crippen molar-refractivity contribution in [3.8, 4) is 0 Å². The number of nitrogens with zero attached hydrogens (tertiary/aromatic N) is 3. The zero-order valence-corrected chi connectivity index (χ0v) is 20.5. The molecule has 1 aromatic carbocycles. The van der Waals surface area contributed by atoms with E-state index in [0.717, 1.165) is 5.56 Å². The highest BCUT2D eigenvalue weighted by Crippen LogP contribution is 2.76. The summed E-state index contributed by atoms with van der Waals surface area (Å²) in [5.74, 6) is -8.85. The lowest BCUT2D eigenvalue weighted by Gasteiger charge is -2.33. The van der Waals surface area contributed by atoms with Crippen molar-refractivity contribution in [2.45, 2.75) is 51.5 Å². The number of anilines is 2. The summed E-state index contributed by atoms with van der Waals surface area (Å²) in [6.45, 7) is 5.05. The Labute approximate surface area is 209 Å². The molecule has 37 heavy (non-hydrogen) atoms. The fourth-order valence-corrected chi connectivity index (χ4v) is 5.47. The summed E-state index contributed by atoms with van der Waals surface area (Å²) in [6, 6.07) is 7.81. The lowest BCUT2D eigenvalue weighted by molar-refractivity contribution is -0.0278. The number of nitrogens with one attached hydrogen (secondary N) is 1. The number of aromatic carboxylic acids is 1. The molecule has 2 aromatic heterocycles. The van der Waals surface area contributed by atoms with Crippen molar-refractivity contribution >= 4 is 23.1 Å². The van der Waals surface area contributed by atoms with Gasteiger partial charge in [0.1, 0.15) is 16.9 Å². The lowest BCUT2D eigenvalue weighted by Crippen LogP contribution is -2.39. The number of para-hydroxylation sites is 1. The van der Waals surface area contributed by atoms with E-state index in [1.807, 2.05) is 13.0 Å². The second-order valence-electron chi connectivity index (χ2n) is 9.97. The number of aryl methyl sites for hydroxylation is 1. The van der Waals surface area contributed by atoms with Gasteiger partial charge in [-0.05, 0) is 57.4 Å². The summed E-state index contributed by atoms with van der Waals surface area (Å²) in [4.78, 5) is 31.3. The number of pyridine rings is 1. The standard InChI is InChI=1S/C26H26F4N4O3/c1-14-12-18(16(3)31-19-7-5-4-6-17(19)23(36)37)21-32-20(15(2)22(35)34(21)13-14)33-10-8-24(9-11-33)25(27,28)26(24,29)30/h4-7,12-13,16,31H,8-11H2,1-3H3,(H,36,37). The molecule has 196 valence electrons. The summed E-state index contributed by atoms with van der Waals surface area (Å²) in [5, 5.41) is 12.7. The summed E-state index contributed by atoms with van der Waals surface area (Å²) in [7, 11) is 0. The first-order valence-electron chi connectivity index (χ1n) is 12.0. The highest BCUT2D eigenvalue weighted by molar-refractivity contribution is 5.94. The summed E-state index contributed by atoms with van der Waals surface area (Å²) >= 11 is 0. The van der Waals surface area contributed by atoms with Gasteiger partial charge in [0.15, 0.2) is 0 Å². The molecule has 1 aliphatic heterocycles. The van der Waals surface area contributed by atoms with Crippen LogP contribution in [0.2, 0.25) is 0 Å². The number of halogens is 4. The van der Waals surface area contributed by atoms with Crippen molar-refractivity contribution in [1.82, 2.24) is 9.38 Å². The quantitative estimate of drug-likeness (QED) is 0.460. The molecule has 1 spiro atoms. The van der Waals surface area contributed by atoms with E-state index < -0.39 is 42.1 Å². The maximum atomic E-state index is 13.9. The van der Waals surface area contributed by atoms with Crippen LogP contribution < -0.4 is 15.8 Å². The van der Waals surface area contributed by atoms with E-state index in [1.165, 1.54) is 10.5 Å². The van der Waals surface area contributed by atoms with E-state index in [-0.39, 0.29) is 35.6 Å². The van der Waals surface area contributed by atoms with Gasteiger partial charge in [-0.1, -0.05) is 12.1 Å². The van der Waals surface area contributed by atoms with Crippen molar-refractivity contribution < 1.29 is 27.5 Å². The number of alkyl halides is 4. The molecule has 2 aliphatic rings. The number of hydrogen-bond acceptors (Lipinski definition) is 5. The average Bonchev–Trinajstić information content (AvgIpc) is 3.18. The molecular weight excluding hydrogens is 492 g/mol. The number of carboxylic acid groups (broad SMARTS) is 1. The van der Waals surface area contributed by atoms with Crippen molar-refractivity contribution in [2.75, 3.05) is 23.3 Å². The number of rotatable bonds is 5. The molecule has 11 heteroatoms. The lowest BCUT2D eigenvalue weighted by atomic mass is 9.92. The minimum atomic E-state index is -4.02. The summed E-state index contributed by atoms with van der Waals surface area (Å²) < 4.78 is 57.0. The van der Waals surface area contributed by atoms with Gasteiger partial charge in [-0.3, -0.25) is 9.20 Å². The molecule has 2 N–H and O–H groups in total. The highest BCUT2D eigenvalue weighted by Gasteiger charge is 2.95. The Kier molecular flexibility index (Phi) is 5.54. The van der Waals surface area contributed by atoms with Crippen LogP contribution in [0, 0.1) is 19.3 Å². The van der Waals surface area contributed by atoms with Crippen LogP contribution in [0.25, 0.3) is 5.65 Å². The Hall–Kier alpha value is -3.63. The summed E-state index contributed by atoms with van der Waals surface area (Å²) in [5.41, 5.74) is -0.209. The normalized spacial score (nSPS) is 20.1. The number of fused-ring (bicyclic) bond motifs is 1. The Balaban J connectivity index is 1.53. The van der Waals surface area contributed by atoms with Crippen LogP contribution in [-0.4, -0.2) is 45.4 Å². The maximum Gasteiger partial charge on any atom is 0.337 e. The van der Waals surface area contributed by atoms with Crippen LogP contribution in [0.1, 0.15) is 52.9 Å². The molecule has 0 radical (unpaired) electrons. The molecule has 3 heterocycles. The van der Waals surface area contributed by atoms with E-state index in [4.69, 9.17) is 4.98 Å². The molecule has 7 nitrogen and oxygen atoms in total. The van der Waals surface area contributed by atoms with Crippen LogP contribution >= 0.6 is 0 Å². The Bertz CT molecular complexity index is 1460. The molecule has 1 aliphatic carbocycles. The van der Waals surface area contributed by atoms with Gasteiger partial charge >= 0.3 is 17.8 Å². The third-order valence-electron chi connectivity index (χ3n) is 7.74. The number of benzene rings is 1. The van der Waals surface area contributed by atoms with Crippen LogP contribution in [0.4, 0.5) is 29.1 Å². The molecule has 1 saturated heterocycles. The second kappa shape index (κ2) is 8.19. The number of carbonyl (C=O) groups is 1. The van der Waals surface area contributed by atoms with E-state index in [0.29, 0.717) is 16.9 Å². The average molecular weight is 519 g/mol. The predicted octanol–water partition coefficient (Wildman–Crippen LogP) is 5.05. The molecule has 0 amide bonds. The Morgan fingerprint density at radius 2 is 1.73 bits per heavy atom. The molecule has 1 unspecified atom stereocenters. The van der Waals surface area contributed by atoms with Gasteiger partial charge in [0.25, 0.3) is 5.56 Å². The number of aromatic nitrogens is 2. The van der Waals surface area contributed by atoms with Crippen molar-refractivity contribution in [2.24, 2.45) is 5.41 Å². The first-order chi connectivity index (χ1) is 17.3. The largest absolute Gasteiger partial charge is 0.478 e. The van der Waals surface area contributed by atoms with Crippen LogP contribution in [0.5, 0.6) is 0 Å². The summed E-state index contributed by atoms with van der Waals surface area (Å²) in [6.07, 6.45) is 0.829. The molecule has 0 bridgehead atoms. The molecule has 1 saturated carbocycles. The van der Waals surface area contributed by atoms with Gasteiger partial charge in [0, 0.05) is 30.5 Å². The van der Waals surface area contributed by atoms with E-state index in [9.17, 15) is 32.3 Å². The first-order valence-corrected chi connectivity index (χ1v) is 12.0. The third-order valence-corrected chi connectivity index (χ3v) is 7.74. The SMILES string of the molecule is Cc1cc(C(C)Nc2ccccc2C(=O)O)c2nc(N3CCC4(CC3)C(F)(F)C4(F)F)c(C)c(=O)n2c1. The van der Waals surface area contributed by atoms with Crippen molar-refractivity contribution in [3.63, 3.8) is 0 Å². The molecule has 2 fully saturated rings. The van der Waals surface area contributed by atoms with Crippen LogP contribution in [0.3, 0.4) is 0 Å². The van der Waals surface area contributed by atoms with Gasteiger partial charge in [-0.2, -0.15) is 17.6 Å². The first kappa shape index (κ1) is 25.0. The monoisotopic (exact) mass is 518 g/mol. The number of carboxylic acids is 1.